The molecule has 1 amide bonds. The molecule has 0 spiro atoms. The first-order valence-electron chi connectivity index (χ1n) is 6.58. The average Bonchev–Trinajstić information content (AvgIpc) is 3.04. The van der Waals surface area contributed by atoms with E-state index in [2.05, 4.69) is 9.88 Å². The van der Waals surface area contributed by atoms with Gasteiger partial charge in [-0.3, -0.25) is 14.7 Å². The summed E-state index contributed by atoms with van der Waals surface area (Å²) in [4.78, 5) is 17.8. The molecule has 2 aromatic heterocycles. The van der Waals surface area contributed by atoms with E-state index in [-0.39, 0.29) is 0 Å². The molecular weight excluding hydrogens is 258 g/mol. The number of rotatable bonds is 4. The number of fused-ring (bicyclic) bond motifs is 1. The second-order valence-corrected chi connectivity index (χ2v) is 5.09. The van der Waals surface area contributed by atoms with Gasteiger partial charge in [0.25, 0.3) is 5.91 Å². The number of carbonyl (C=O) groups excluding carboxylic acids is 1. The quantitative estimate of drug-likeness (QED) is 0.905. The number of nitrogens with two attached hydrogens (primary N) is 1. The number of hydrogen-bond acceptors (Lipinski definition) is 5. The molecule has 1 atom stereocenters. The second-order valence-electron chi connectivity index (χ2n) is 5.09. The SMILES string of the molecule is COC1CCN(Cc2cnc3c(C(N)=O)coc3c2)C1. The van der Waals surface area contributed by atoms with Gasteiger partial charge in [0.1, 0.15) is 17.3 Å². The third kappa shape index (κ3) is 2.39. The zero-order chi connectivity index (χ0) is 14.1. The molecule has 1 aliphatic heterocycles. The van der Waals surface area contributed by atoms with Gasteiger partial charge in [0.15, 0.2) is 5.58 Å². The van der Waals surface area contributed by atoms with E-state index in [1.807, 2.05) is 6.07 Å². The summed E-state index contributed by atoms with van der Waals surface area (Å²) in [5.74, 6) is -0.522. The van der Waals surface area contributed by atoms with Crippen LogP contribution in [0.2, 0.25) is 0 Å². The fourth-order valence-electron chi connectivity index (χ4n) is 2.61. The number of pyridine rings is 1. The standard InChI is InChI=1S/C14H17N3O3/c1-19-10-2-3-17(7-10)6-9-4-12-13(16-5-9)11(8-20-12)14(15)18/h4-5,8,10H,2-3,6-7H2,1H3,(H2,15,18). The van der Waals surface area contributed by atoms with E-state index < -0.39 is 5.91 Å². The van der Waals surface area contributed by atoms with Crippen molar-refractivity contribution >= 4 is 17.0 Å². The first-order valence-corrected chi connectivity index (χ1v) is 6.58. The maximum atomic E-state index is 11.2. The molecule has 0 saturated carbocycles. The predicted molar refractivity (Wildman–Crippen MR) is 73.2 cm³/mol. The number of furan rings is 1. The van der Waals surface area contributed by atoms with Gasteiger partial charge in [-0.15, -0.1) is 0 Å². The van der Waals surface area contributed by atoms with Crippen molar-refractivity contribution in [2.24, 2.45) is 5.73 Å². The van der Waals surface area contributed by atoms with Crippen molar-refractivity contribution < 1.29 is 13.9 Å². The van der Waals surface area contributed by atoms with E-state index in [9.17, 15) is 4.79 Å². The summed E-state index contributed by atoms with van der Waals surface area (Å²) in [7, 11) is 1.75. The van der Waals surface area contributed by atoms with Crippen LogP contribution in [0.4, 0.5) is 0 Å². The first kappa shape index (κ1) is 13.1. The molecule has 20 heavy (non-hydrogen) atoms. The smallest absolute Gasteiger partial charge is 0.254 e. The molecule has 0 radical (unpaired) electrons. The predicted octanol–water partition coefficient (Wildman–Crippen LogP) is 1.15. The van der Waals surface area contributed by atoms with Gasteiger partial charge in [-0.25, -0.2) is 0 Å². The minimum Gasteiger partial charge on any atom is -0.462 e. The molecule has 3 heterocycles. The van der Waals surface area contributed by atoms with Gasteiger partial charge < -0.3 is 14.9 Å². The van der Waals surface area contributed by atoms with Gasteiger partial charge in [-0.1, -0.05) is 0 Å². The normalized spacial score (nSPS) is 19.8. The van der Waals surface area contributed by atoms with Gasteiger partial charge in [-0.05, 0) is 18.1 Å². The van der Waals surface area contributed by atoms with E-state index in [0.29, 0.717) is 22.8 Å². The Hall–Kier alpha value is -1.92. The van der Waals surface area contributed by atoms with E-state index >= 15 is 0 Å². The number of ether oxygens (including phenoxy) is 1. The Labute approximate surface area is 116 Å². The maximum absolute atomic E-state index is 11.2. The zero-order valence-corrected chi connectivity index (χ0v) is 11.3. The minimum absolute atomic E-state index is 0.316. The lowest BCUT2D eigenvalue weighted by Gasteiger charge is -2.15. The lowest BCUT2D eigenvalue weighted by molar-refractivity contribution is 0.100. The van der Waals surface area contributed by atoms with Gasteiger partial charge in [0, 0.05) is 32.9 Å². The Morgan fingerprint density at radius 3 is 3.20 bits per heavy atom. The van der Waals surface area contributed by atoms with Crippen molar-refractivity contribution in [3.8, 4) is 0 Å². The summed E-state index contributed by atoms with van der Waals surface area (Å²) < 4.78 is 10.7. The molecule has 2 aromatic rings. The number of aromatic nitrogens is 1. The molecule has 0 bridgehead atoms. The minimum atomic E-state index is -0.522. The second kappa shape index (κ2) is 5.22. The highest BCUT2D eigenvalue weighted by atomic mass is 16.5. The van der Waals surface area contributed by atoms with Gasteiger partial charge >= 0.3 is 0 Å². The van der Waals surface area contributed by atoms with Gasteiger partial charge in [0.2, 0.25) is 0 Å². The molecular formula is C14H17N3O3. The highest BCUT2D eigenvalue weighted by molar-refractivity contribution is 6.03. The summed E-state index contributed by atoms with van der Waals surface area (Å²) in [6.07, 6.45) is 4.50. The average molecular weight is 275 g/mol. The highest BCUT2D eigenvalue weighted by Gasteiger charge is 2.22. The number of hydrogen-bond donors (Lipinski definition) is 1. The fraction of sp³-hybridized carbons (Fsp3) is 0.429. The largest absolute Gasteiger partial charge is 0.462 e. The number of carbonyl (C=O) groups is 1. The van der Waals surface area contributed by atoms with Crippen molar-refractivity contribution in [1.82, 2.24) is 9.88 Å². The Bertz CT molecular complexity index is 638. The number of methoxy groups -OCH3 is 1. The molecule has 1 fully saturated rings. The molecule has 0 aromatic carbocycles. The van der Waals surface area contributed by atoms with Gasteiger partial charge in [0.05, 0.1) is 6.10 Å². The van der Waals surface area contributed by atoms with E-state index in [1.54, 1.807) is 13.3 Å². The third-order valence-electron chi connectivity index (χ3n) is 3.70. The molecule has 106 valence electrons. The molecule has 6 nitrogen and oxygen atoms in total. The van der Waals surface area contributed by atoms with Crippen molar-refractivity contribution in [3.63, 3.8) is 0 Å². The van der Waals surface area contributed by atoms with E-state index in [1.165, 1.54) is 6.26 Å². The van der Waals surface area contributed by atoms with Gasteiger partial charge in [-0.2, -0.15) is 0 Å². The van der Waals surface area contributed by atoms with Crippen LogP contribution < -0.4 is 5.73 Å². The van der Waals surface area contributed by atoms with Crippen LogP contribution in [0.1, 0.15) is 22.3 Å². The fourth-order valence-corrected chi connectivity index (χ4v) is 2.61. The van der Waals surface area contributed by atoms with Crippen LogP contribution in [0.5, 0.6) is 0 Å². The summed E-state index contributed by atoms with van der Waals surface area (Å²) in [5.41, 5.74) is 7.77. The van der Waals surface area contributed by atoms with Crippen molar-refractivity contribution in [3.05, 3.63) is 29.7 Å². The highest BCUT2D eigenvalue weighted by Crippen LogP contribution is 2.21. The Morgan fingerprint density at radius 1 is 1.65 bits per heavy atom. The van der Waals surface area contributed by atoms with Crippen LogP contribution in [-0.4, -0.2) is 42.1 Å². The van der Waals surface area contributed by atoms with Crippen molar-refractivity contribution in [2.75, 3.05) is 20.2 Å². The zero-order valence-electron chi connectivity index (χ0n) is 11.3. The Balaban J connectivity index is 1.78. The van der Waals surface area contributed by atoms with Crippen LogP contribution in [0.25, 0.3) is 11.1 Å². The Kier molecular flexibility index (Phi) is 3.42. The van der Waals surface area contributed by atoms with Crippen LogP contribution >= 0.6 is 0 Å². The maximum Gasteiger partial charge on any atom is 0.254 e. The lowest BCUT2D eigenvalue weighted by atomic mass is 10.2. The monoisotopic (exact) mass is 275 g/mol. The van der Waals surface area contributed by atoms with Crippen molar-refractivity contribution in [1.29, 1.82) is 0 Å². The number of primary amides is 1. The molecule has 1 aliphatic rings. The first-order chi connectivity index (χ1) is 9.67. The summed E-state index contributed by atoms with van der Waals surface area (Å²) >= 11 is 0. The number of nitrogens with zero attached hydrogens (tertiary/aromatic N) is 2. The Morgan fingerprint density at radius 2 is 2.50 bits per heavy atom. The van der Waals surface area contributed by atoms with Crippen molar-refractivity contribution in [2.45, 2.75) is 19.1 Å². The number of amides is 1. The van der Waals surface area contributed by atoms with E-state index in [0.717, 1.165) is 31.6 Å². The topological polar surface area (TPSA) is 81.6 Å². The molecule has 2 N–H and O–H groups in total. The lowest BCUT2D eigenvalue weighted by Crippen LogP contribution is -2.22. The summed E-state index contributed by atoms with van der Waals surface area (Å²) in [6.45, 7) is 2.75. The third-order valence-corrected chi connectivity index (χ3v) is 3.70. The molecule has 1 unspecified atom stereocenters. The molecule has 0 aliphatic carbocycles. The summed E-state index contributed by atoms with van der Waals surface area (Å²) in [6, 6.07) is 1.91. The number of likely N-dealkylation sites (tertiary alicyclic amines) is 1. The molecule has 6 heteroatoms. The molecule has 1 saturated heterocycles. The van der Waals surface area contributed by atoms with Crippen LogP contribution in [0, 0.1) is 0 Å². The van der Waals surface area contributed by atoms with Crippen LogP contribution in [0.3, 0.4) is 0 Å². The summed E-state index contributed by atoms with van der Waals surface area (Å²) in [5, 5.41) is 0. The van der Waals surface area contributed by atoms with E-state index in [4.69, 9.17) is 14.9 Å². The van der Waals surface area contributed by atoms with Crippen LogP contribution in [-0.2, 0) is 11.3 Å². The molecule has 3 rings (SSSR count). The van der Waals surface area contributed by atoms with Crippen LogP contribution in [0.15, 0.2) is 22.9 Å².